The standard InChI is InChI=1S/C3H5.2Y/c1-3-2;;/h1,3H,2H3;;/q-1;;. The minimum Gasteiger partial charge on any atom is -0.518 e. The predicted molar refractivity (Wildman–Crippen MR) is 14.5 cm³/mol. The third-order valence-corrected chi connectivity index (χ3v) is 0. The fourth-order valence-corrected chi connectivity index (χ4v) is 0. The van der Waals surface area contributed by atoms with Gasteiger partial charge in [0.25, 0.3) is 0 Å². The van der Waals surface area contributed by atoms with Crippen molar-refractivity contribution in [2.45, 2.75) is 6.92 Å². The Balaban J connectivity index is -0.0000000200. The third-order valence-electron chi connectivity index (χ3n) is 0. The molecule has 24 valence electrons. The summed E-state index contributed by atoms with van der Waals surface area (Å²) in [4.78, 5) is 0. The molecule has 0 saturated carbocycles. The molecule has 0 aromatic carbocycles. The van der Waals surface area contributed by atoms with Crippen molar-refractivity contribution in [2.75, 3.05) is 0 Å². The van der Waals surface area contributed by atoms with Crippen molar-refractivity contribution in [1.82, 2.24) is 0 Å². The minimum atomic E-state index is 0. The monoisotopic (exact) mass is 219 g/mol. The molecule has 0 aliphatic rings. The first-order valence-corrected chi connectivity index (χ1v) is 0.911. The average molecular weight is 219 g/mol. The fourth-order valence-electron chi connectivity index (χ4n) is 0. The van der Waals surface area contributed by atoms with E-state index in [1.807, 2.05) is 0 Å². The zero-order valence-electron chi connectivity index (χ0n) is 3.31. The van der Waals surface area contributed by atoms with Crippen LogP contribution < -0.4 is 0 Å². The molecule has 0 nitrogen and oxygen atoms in total. The van der Waals surface area contributed by atoms with E-state index in [0.29, 0.717) is 0 Å². The zero-order chi connectivity index (χ0) is 2.71. The molecule has 0 fully saturated rings. The summed E-state index contributed by atoms with van der Waals surface area (Å²) in [6.45, 7) is 6.50. The van der Waals surface area contributed by atoms with Gasteiger partial charge in [0.1, 0.15) is 0 Å². The molecule has 2 heteroatoms. The van der Waals surface area contributed by atoms with Crippen LogP contribution in [0.15, 0.2) is 6.08 Å². The molecule has 0 aliphatic carbocycles. The largest absolute Gasteiger partial charge is 0.518 e. The molecule has 0 heterocycles. The summed E-state index contributed by atoms with van der Waals surface area (Å²) in [5, 5.41) is 0. The van der Waals surface area contributed by atoms with Crippen molar-refractivity contribution < 1.29 is 65.4 Å². The van der Waals surface area contributed by atoms with E-state index in [1.165, 1.54) is 6.08 Å². The van der Waals surface area contributed by atoms with Gasteiger partial charge in [0.2, 0.25) is 0 Å². The normalized spacial score (nSPS) is 2.60. The molecule has 0 aliphatic heterocycles. The maximum absolute atomic E-state index is 4.72. The van der Waals surface area contributed by atoms with Crippen LogP contribution in [0.1, 0.15) is 6.92 Å². The molecule has 0 rings (SSSR count). The SMILES string of the molecule is [CH-]=CC.[Y].[Y]. The van der Waals surface area contributed by atoms with Crippen LogP contribution >= 0.6 is 0 Å². The average Bonchev–Trinajstić information content (AvgIpc) is 0.918. The van der Waals surface area contributed by atoms with Crippen molar-refractivity contribution in [3.8, 4) is 0 Å². The summed E-state index contributed by atoms with van der Waals surface area (Å²) in [7, 11) is 0. The van der Waals surface area contributed by atoms with Gasteiger partial charge in [0.05, 0.1) is 0 Å². The Bertz CT molecular complexity index is 12.4. The van der Waals surface area contributed by atoms with E-state index >= 15 is 0 Å². The van der Waals surface area contributed by atoms with Crippen LogP contribution in [0.3, 0.4) is 0 Å². The van der Waals surface area contributed by atoms with Crippen LogP contribution in [-0.4, -0.2) is 0 Å². The van der Waals surface area contributed by atoms with E-state index in [2.05, 4.69) is 0 Å². The van der Waals surface area contributed by atoms with Gasteiger partial charge in [-0.1, -0.05) is 6.92 Å². The van der Waals surface area contributed by atoms with Crippen molar-refractivity contribution in [1.29, 1.82) is 0 Å². The third kappa shape index (κ3) is 24.4. The Kier molecular flexibility index (Phi) is 52.9. The first kappa shape index (κ1) is 15.8. The second kappa shape index (κ2) is 16.8. The Hall–Kier alpha value is 1.95. The summed E-state index contributed by atoms with van der Waals surface area (Å²) in [6.07, 6.45) is 1.50. The molecule has 0 N–H and O–H groups in total. The maximum Gasteiger partial charge on any atom is 0 e. The number of hydrogen-bond donors (Lipinski definition) is 0. The fraction of sp³-hybridized carbons (Fsp3) is 0.333. The smallest absolute Gasteiger partial charge is 0 e. The number of rotatable bonds is 0. The van der Waals surface area contributed by atoms with Crippen molar-refractivity contribution in [3.05, 3.63) is 12.7 Å². The number of allylic oxidation sites excluding steroid dienone is 1. The molecule has 0 aromatic heterocycles. The Morgan fingerprint density at radius 3 is 1.40 bits per heavy atom. The van der Waals surface area contributed by atoms with Crippen molar-refractivity contribution >= 4 is 0 Å². The van der Waals surface area contributed by atoms with Crippen LogP contribution in [0.2, 0.25) is 0 Å². The first-order valence-electron chi connectivity index (χ1n) is 0.911. The summed E-state index contributed by atoms with van der Waals surface area (Å²) in [5.41, 5.74) is 0. The molecule has 0 spiro atoms. The first-order chi connectivity index (χ1) is 1.41. The Labute approximate surface area is 83.5 Å². The van der Waals surface area contributed by atoms with Crippen molar-refractivity contribution in [3.63, 3.8) is 0 Å². The van der Waals surface area contributed by atoms with Gasteiger partial charge in [-0.3, -0.25) is 6.08 Å². The van der Waals surface area contributed by atoms with E-state index in [4.69, 9.17) is 6.58 Å². The molecule has 0 unspecified atom stereocenters. The Morgan fingerprint density at radius 1 is 1.40 bits per heavy atom. The van der Waals surface area contributed by atoms with Gasteiger partial charge in [0, 0.05) is 65.4 Å². The number of hydrogen-bond acceptors (Lipinski definition) is 0. The van der Waals surface area contributed by atoms with Gasteiger partial charge < -0.3 is 6.58 Å². The minimum absolute atomic E-state index is 0. The van der Waals surface area contributed by atoms with Gasteiger partial charge in [-0.2, -0.15) is 0 Å². The second-order valence-corrected chi connectivity index (χ2v) is 0.333. The molecular weight excluding hydrogens is 214 g/mol. The van der Waals surface area contributed by atoms with Gasteiger partial charge in [-0.15, -0.1) is 0 Å². The molecule has 5 heavy (non-hydrogen) atoms. The molecular formula is C3H5Y2-. The predicted octanol–water partition coefficient (Wildman–Crippen LogP) is 0.990. The molecule has 2 radical (unpaired) electrons. The van der Waals surface area contributed by atoms with Crippen LogP contribution in [0.4, 0.5) is 0 Å². The molecule has 0 bridgehead atoms. The van der Waals surface area contributed by atoms with Gasteiger partial charge in [-0.25, -0.2) is 0 Å². The zero-order valence-corrected chi connectivity index (χ0v) is 8.99. The van der Waals surface area contributed by atoms with E-state index < -0.39 is 0 Å². The molecule has 0 amide bonds. The van der Waals surface area contributed by atoms with E-state index in [-0.39, 0.29) is 65.4 Å². The van der Waals surface area contributed by atoms with Crippen LogP contribution in [0.25, 0.3) is 0 Å². The van der Waals surface area contributed by atoms with Crippen molar-refractivity contribution in [2.24, 2.45) is 0 Å². The van der Waals surface area contributed by atoms with Gasteiger partial charge in [-0.05, 0) is 0 Å². The maximum atomic E-state index is 4.72. The molecule has 0 atom stereocenters. The molecule has 0 aromatic rings. The van der Waals surface area contributed by atoms with E-state index in [9.17, 15) is 0 Å². The second-order valence-electron chi connectivity index (χ2n) is 0.333. The summed E-state index contributed by atoms with van der Waals surface area (Å²) >= 11 is 0. The Morgan fingerprint density at radius 2 is 1.40 bits per heavy atom. The van der Waals surface area contributed by atoms with E-state index in [0.717, 1.165) is 0 Å². The molecule has 0 saturated heterocycles. The van der Waals surface area contributed by atoms with E-state index in [1.54, 1.807) is 6.92 Å². The van der Waals surface area contributed by atoms with Crippen LogP contribution in [0.5, 0.6) is 0 Å². The summed E-state index contributed by atoms with van der Waals surface area (Å²) < 4.78 is 0. The van der Waals surface area contributed by atoms with Crippen LogP contribution in [0, 0.1) is 6.58 Å². The summed E-state index contributed by atoms with van der Waals surface area (Å²) in [5.74, 6) is 0. The van der Waals surface area contributed by atoms with Gasteiger partial charge in [0.15, 0.2) is 0 Å². The van der Waals surface area contributed by atoms with Gasteiger partial charge >= 0.3 is 0 Å². The quantitative estimate of drug-likeness (QED) is 0.533. The van der Waals surface area contributed by atoms with Crippen LogP contribution in [-0.2, 0) is 65.4 Å². The summed E-state index contributed by atoms with van der Waals surface area (Å²) in [6, 6.07) is 0. The topological polar surface area (TPSA) is 0 Å².